The van der Waals surface area contributed by atoms with Crippen LogP contribution >= 0.6 is 0 Å². The molecule has 1 saturated carbocycles. The Morgan fingerprint density at radius 1 is 1.26 bits per heavy atom. The van der Waals surface area contributed by atoms with Gasteiger partial charge in [0.25, 0.3) is 0 Å². The molecule has 0 bridgehead atoms. The highest BCUT2D eigenvalue weighted by molar-refractivity contribution is 5.91. The minimum atomic E-state index is -0.940. The van der Waals surface area contributed by atoms with Crippen molar-refractivity contribution in [1.82, 2.24) is 26.1 Å². The minimum Gasteiger partial charge on any atom is -0.346 e. The summed E-state index contributed by atoms with van der Waals surface area (Å²) in [7, 11) is 0. The summed E-state index contributed by atoms with van der Waals surface area (Å²) >= 11 is 0. The molecule has 3 unspecified atom stereocenters. The second kappa shape index (κ2) is 9.16. The number of benzene rings is 1. The molecule has 1 aliphatic rings. The number of hydrogen-bond donors (Lipinski definition) is 4. The van der Waals surface area contributed by atoms with Crippen LogP contribution in [0.2, 0.25) is 0 Å². The van der Waals surface area contributed by atoms with Gasteiger partial charge in [-0.05, 0) is 23.8 Å². The molecule has 31 heavy (non-hydrogen) atoms. The fourth-order valence-corrected chi connectivity index (χ4v) is 3.57. The molecule has 4 N–H and O–H groups in total. The summed E-state index contributed by atoms with van der Waals surface area (Å²) in [5.74, 6) is -0.512. The zero-order valence-corrected chi connectivity index (χ0v) is 17.9. The summed E-state index contributed by atoms with van der Waals surface area (Å²) in [6.45, 7) is 5.50. The number of carbonyl (C=O) groups is 3. The van der Waals surface area contributed by atoms with Gasteiger partial charge in [-0.1, -0.05) is 51.8 Å². The summed E-state index contributed by atoms with van der Waals surface area (Å²) < 4.78 is 0. The zero-order chi connectivity index (χ0) is 22.6. The predicted molar refractivity (Wildman–Crippen MR) is 114 cm³/mol. The first-order valence-corrected chi connectivity index (χ1v) is 10.4. The molecule has 0 aliphatic heterocycles. The molecular weight excluding hydrogens is 396 g/mol. The molecule has 0 saturated heterocycles. The summed E-state index contributed by atoms with van der Waals surface area (Å²) in [4.78, 5) is 36.9. The minimum absolute atomic E-state index is 0.358. The fraction of sp³-hybridized carbons (Fsp3) is 0.500. The number of hydrogen-bond acceptors (Lipinski definition) is 5. The number of aromatic amines is 1. The average Bonchev–Trinajstić information content (AvgIpc) is 3.44. The lowest BCUT2D eigenvalue weighted by atomic mass is 9.86. The maximum atomic E-state index is 13.1. The van der Waals surface area contributed by atoms with Gasteiger partial charge in [-0.2, -0.15) is 10.4 Å². The van der Waals surface area contributed by atoms with Crippen LogP contribution in [-0.2, 0) is 14.4 Å². The SMILES string of the molecule is CC(C)(C)C(NC=O)C(=O)NC(CC1CC1)C(=O)NC(C#N)c1[nH]nc2ccccc12. The van der Waals surface area contributed by atoms with E-state index >= 15 is 0 Å². The number of H-pyrrole nitrogens is 1. The van der Waals surface area contributed by atoms with Crippen molar-refractivity contribution < 1.29 is 14.4 Å². The molecule has 0 radical (unpaired) electrons. The Balaban J connectivity index is 1.76. The van der Waals surface area contributed by atoms with Gasteiger partial charge in [0.05, 0.1) is 17.3 Å². The Morgan fingerprint density at radius 2 is 1.97 bits per heavy atom. The van der Waals surface area contributed by atoms with Crippen molar-refractivity contribution in [3.8, 4) is 6.07 Å². The number of para-hydroxylation sites is 1. The Labute approximate surface area is 181 Å². The molecule has 1 aliphatic carbocycles. The van der Waals surface area contributed by atoms with E-state index in [0.717, 1.165) is 18.2 Å². The highest BCUT2D eigenvalue weighted by Gasteiger charge is 2.36. The van der Waals surface area contributed by atoms with Crippen LogP contribution in [0, 0.1) is 22.7 Å². The highest BCUT2D eigenvalue weighted by Crippen LogP contribution is 2.34. The molecule has 1 fully saturated rings. The van der Waals surface area contributed by atoms with Crippen molar-refractivity contribution in [2.24, 2.45) is 11.3 Å². The van der Waals surface area contributed by atoms with Gasteiger partial charge in [-0.3, -0.25) is 19.5 Å². The maximum Gasteiger partial charge on any atom is 0.243 e. The van der Waals surface area contributed by atoms with Crippen LogP contribution in [0.1, 0.15) is 51.8 Å². The molecule has 3 amide bonds. The molecule has 3 rings (SSSR count). The molecule has 1 aromatic carbocycles. The van der Waals surface area contributed by atoms with Crippen LogP contribution in [0.15, 0.2) is 24.3 Å². The maximum absolute atomic E-state index is 13.1. The van der Waals surface area contributed by atoms with Gasteiger partial charge < -0.3 is 16.0 Å². The monoisotopic (exact) mass is 424 g/mol. The van der Waals surface area contributed by atoms with E-state index in [0.29, 0.717) is 30.0 Å². The smallest absolute Gasteiger partial charge is 0.243 e. The van der Waals surface area contributed by atoms with Gasteiger partial charge in [-0.15, -0.1) is 0 Å². The predicted octanol–water partition coefficient (Wildman–Crippen LogP) is 1.69. The van der Waals surface area contributed by atoms with Gasteiger partial charge in [-0.25, -0.2) is 0 Å². The second-order valence-corrected chi connectivity index (χ2v) is 9.05. The summed E-state index contributed by atoms with van der Waals surface area (Å²) in [6, 6.07) is 6.88. The molecule has 9 nitrogen and oxygen atoms in total. The third-order valence-electron chi connectivity index (χ3n) is 5.46. The molecule has 164 valence electrons. The van der Waals surface area contributed by atoms with Crippen LogP contribution < -0.4 is 16.0 Å². The number of rotatable bonds is 9. The molecule has 1 heterocycles. The van der Waals surface area contributed by atoms with Gasteiger partial charge in [0, 0.05) is 5.39 Å². The molecular formula is C22H28N6O3. The van der Waals surface area contributed by atoms with E-state index in [9.17, 15) is 19.6 Å². The van der Waals surface area contributed by atoms with E-state index in [-0.39, 0.29) is 0 Å². The third-order valence-corrected chi connectivity index (χ3v) is 5.46. The summed E-state index contributed by atoms with van der Waals surface area (Å²) in [5.41, 5.74) is 0.663. The Kier molecular flexibility index (Phi) is 6.59. The fourth-order valence-electron chi connectivity index (χ4n) is 3.57. The van der Waals surface area contributed by atoms with Crippen molar-refractivity contribution in [3.05, 3.63) is 30.0 Å². The normalized spacial score (nSPS) is 16.6. The lowest BCUT2D eigenvalue weighted by molar-refractivity contribution is -0.133. The summed E-state index contributed by atoms with van der Waals surface area (Å²) in [6.07, 6.45) is 2.97. The van der Waals surface area contributed by atoms with Crippen LogP contribution in [0.4, 0.5) is 0 Å². The molecule has 3 atom stereocenters. The van der Waals surface area contributed by atoms with E-state index in [2.05, 4.69) is 32.2 Å². The Bertz CT molecular complexity index is 999. The van der Waals surface area contributed by atoms with Crippen LogP contribution in [0.3, 0.4) is 0 Å². The van der Waals surface area contributed by atoms with Crippen molar-refractivity contribution >= 4 is 29.1 Å². The van der Waals surface area contributed by atoms with Gasteiger partial charge >= 0.3 is 0 Å². The number of aromatic nitrogens is 2. The lowest BCUT2D eigenvalue weighted by Gasteiger charge is -2.30. The second-order valence-electron chi connectivity index (χ2n) is 9.05. The van der Waals surface area contributed by atoms with E-state index in [1.165, 1.54) is 0 Å². The van der Waals surface area contributed by atoms with E-state index in [1.807, 2.05) is 45.0 Å². The lowest BCUT2D eigenvalue weighted by Crippen LogP contribution is -2.56. The number of amides is 3. The van der Waals surface area contributed by atoms with E-state index in [1.54, 1.807) is 0 Å². The molecule has 2 aromatic rings. The van der Waals surface area contributed by atoms with E-state index < -0.39 is 35.4 Å². The van der Waals surface area contributed by atoms with Crippen molar-refractivity contribution in [2.75, 3.05) is 0 Å². The van der Waals surface area contributed by atoms with Crippen LogP contribution in [0.5, 0.6) is 0 Å². The number of nitriles is 1. The molecule has 9 heteroatoms. The zero-order valence-electron chi connectivity index (χ0n) is 17.9. The number of nitrogens with zero attached hydrogens (tertiary/aromatic N) is 2. The van der Waals surface area contributed by atoms with Crippen molar-refractivity contribution in [3.63, 3.8) is 0 Å². The Hall–Kier alpha value is -3.41. The van der Waals surface area contributed by atoms with Gasteiger partial charge in [0.2, 0.25) is 18.2 Å². The quantitative estimate of drug-likeness (QED) is 0.454. The first-order valence-electron chi connectivity index (χ1n) is 10.4. The van der Waals surface area contributed by atoms with E-state index in [4.69, 9.17) is 0 Å². The van der Waals surface area contributed by atoms with Crippen LogP contribution in [-0.4, -0.2) is 40.5 Å². The highest BCUT2D eigenvalue weighted by atomic mass is 16.2. The third kappa shape index (κ3) is 5.40. The first-order chi connectivity index (χ1) is 14.7. The Morgan fingerprint density at radius 3 is 2.58 bits per heavy atom. The molecule has 1 aromatic heterocycles. The first kappa shape index (κ1) is 22.3. The standard InChI is InChI=1S/C22H28N6O3/c1-22(2,3)19(24-12-29)21(31)25-16(10-13-8-9-13)20(30)26-17(11-23)18-14-6-4-5-7-15(14)27-28-18/h4-7,12-13,16-17,19H,8-10H2,1-3H3,(H,24,29)(H,25,31)(H,26,30)(H,27,28). The summed E-state index contributed by atoms with van der Waals surface area (Å²) in [5, 5.41) is 25.5. The van der Waals surface area contributed by atoms with Crippen molar-refractivity contribution in [1.29, 1.82) is 5.26 Å². The topological polar surface area (TPSA) is 140 Å². The number of carbonyl (C=O) groups excluding carboxylic acids is 3. The van der Waals surface area contributed by atoms with Crippen LogP contribution in [0.25, 0.3) is 10.9 Å². The van der Waals surface area contributed by atoms with Gasteiger partial charge in [0.1, 0.15) is 12.1 Å². The average molecular weight is 425 g/mol. The van der Waals surface area contributed by atoms with Gasteiger partial charge in [0.15, 0.2) is 6.04 Å². The number of fused-ring (bicyclic) bond motifs is 1. The largest absolute Gasteiger partial charge is 0.346 e. The van der Waals surface area contributed by atoms with Crippen molar-refractivity contribution in [2.45, 2.75) is 58.2 Å². The number of nitrogens with one attached hydrogen (secondary N) is 4. The molecule has 0 spiro atoms.